The molecule has 2 rings (SSSR count). The zero-order valence-electron chi connectivity index (χ0n) is 16.6. The molecule has 1 aromatic heterocycles. The molecule has 0 saturated carbocycles. The van der Waals surface area contributed by atoms with Crippen LogP contribution in [-0.2, 0) is 21.2 Å². The predicted molar refractivity (Wildman–Crippen MR) is 108 cm³/mol. The second-order valence-corrected chi connectivity index (χ2v) is 8.08. The molecule has 2 aromatic rings. The number of urea groups is 1. The van der Waals surface area contributed by atoms with Crippen LogP contribution in [0.25, 0.3) is 0 Å². The van der Waals surface area contributed by atoms with Gasteiger partial charge in [-0.25, -0.2) is 17.9 Å². The summed E-state index contributed by atoms with van der Waals surface area (Å²) >= 11 is 0. The minimum Gasteiger partial charge on any atom is -0.492 e. The van der Waals surface area contributed by atoms with Gasteiger partial charge in [-0.05, 0) is 42.7 Å². The first-order valence-corrected chi connectivity index (χ1v) is 10.7. The number of nitrogens with one attached hydrogen (secondary N) is 4. The number of H-pyrrole nitrogens is 1. The van der Waals surface area contributed by atoms with E-state index in [9.17, 15) is 18.0 Å². The lowest BCUT2D eigenvalue weighted by atomic mass is 10.1. The van der Waals surface area contributed by atoms with Gasteiger partial charge in [-0.3, -0.25) is 4.79 Å². The lowest BCUT2D eigenvalue weighted by molar-refractivity contribution is -0.121. The van der Waals surface area contributed by atoms with Crippen LogP contribution in [-0.4, -0.2) is 39.0 Å². The molecule has 0 radical (unpaired) electrons. The number of ether oxygens (including phenoxy) is 1. The molecule has 0 saturated heterocycles. The first-order valence-electron chi connectivity index (χ1n) is 9.19. The highest BCUT2D eigenvalue weighted by Gasteiger charge is 2.23. The summed E-state index contributed by atoms with van der Waals surface area (Å²) in [7, 11) is -2.86. The molecule has 1 heterocycles. The van der Waals surface area contributed by atoms with Gasteiger partial charge in [-0.2, -0.15) is 0 Å². The number of carbonyl (C=O) groups is 2. The molecular formula is C19H26N4O5S. The van der Waals surface area contributed by atoms with Crippen LogP contribution in [0.1, 0.15) is 37.4 Å². The van der Waals surface area contributed by atoms with Gasteiger partial charge in [0.15, 0.2) is 0 Å². The Morgan fingerprint density at radius 3 is 2.62 bits per heavy atom. The van der Waals surface area contributed by atoms with Gasteiger partial charge in [0.05, 0.1) is 19.1 Å². The van der Waals surface area contributed by atoms with Crippen LogP contribution < -0.4 is 20.1 Å². The van der Waals surface area contributed by atoms with Crippen LogP contribution in [0.2, 0.25) is 0 Å². The van der Waals surface area contributed by atoms with Gasteiger partial charge >= 0.3 is 6.03 Å². The van der Waals surface area contributed by atoms with Gasteiger partial charge in [0.2, 0.25) is 5.91 Å². The van der Waals surface area contributed by atoms with Gasteiger partial charge < -0.3 is 20.4 Å². The summed E-state index contributed by atoms with van der Waals surface area (Å²) in [4.78, 5) is 26.6. The molecule has 29 heavy (non-hydrogen) atoms. The van der Waals surface area contributed by atoms with Crippen molar-refractivity contribution in [3.63, 3.8) is 0 Å². The fraction of sp³-hybridized carbons (Fsp3) is 0.368. The lowest BCUT2D eigenvalue weighted by Crippen LogP contribution is -2.37. The smallest absolute Gasteiger partial charge is 0.328 e. The summed E-state index contributed by atoms with van der Waals surface area (Å²) < 4.78 is 32.6. The van der Waals surface area contributed by atoms with Crippen LogP contribution in [0.4, 0.5) is 4.79 Å². The van der Waals surface area contributed by atoms with E-state index in [2.05, 4.69) is 15.6 Å². The van der Waals surface area contributed by atoms with Crippen molar-refractivity contribution in [1.82, 2.24) is 20.3 Å². The summed E-state index contributed by atoms with van der Waals surface area (Å²) in [6.45, 7) is 4.06. The summed E-state index contributed by atoms with van der Waals surface area (Å²) in [5.41, 5.74) is 1.41. The van der Waals surface area contributed by atoms with Crippen molar-refractivity contribution in [1.29, 1.82) is 0 Å². The van der Waals surface area contributed by atoms with E-state index >= 15 is 0 Å². The third-order valence-electron chi connectivity index (χ3n) is 4.08. The molecule has 4 N–H and O–H groups in total. The van der Waals surface area contributed by atoms with Crippen LogP contribution in [0.3, 0.4) is 0 Å². The predicted octanol–water partition coefficient (Wildman–Crippen LogP) is 1.84. The number of aromatic amines is 1. The van der Waals surface area contributed by atoms with E-state index < -0.39 is 16.1 Å². The quantitative estimate of drug-likeness (QED) is 0.490. The van der Waals surface area contributed by atoms with Crippen LogP contribution in [0.15, 0.2) is 41.6 Å². The second kappa shape index (κ2) is 9.97. The maximum absolute atomic E-state index is 12.6. The molecule has 1 unspecified atom stereocenters. The molecule has 0 fully saturated rings. The van der Waals surface area contributed by atoms with Gasteiger partial charge in [0, 0.05) is 19.4 Å². The molecule has 9 nitrogen and oxygen atoms in total. The van der Waals surface area contributed by atoms with Gasteiger partial charge in [-0.15, -0.1) is 0 Å². The Morgan fingerprint density at radius 1 is 1.24 bits per heavy atom. The Kier molecular flexibility index (Phi) is 7.66. The van der Waals surface area contributed by atoms with Crippen molar-refractivity contribution in [2.75, 3.05) is 13.7 Å². The van der Waals surface area contributed by atoms with Crippen LogP contribution >= 0.6 is 0 Å². The van der Waals surface area contributed by atoms with E-state index in [-0.39, 0.29) is 29.0 Å². The summed E-state index contributed by atoms with van der Waals surface area (Å²) in [5, 5.41) is 5.06. The standard InChI is InChI=1S/C19H26N4O5S/c1-4-9-28-16-6-5-14(10-17(16)29(26,27)23-19(25)20-3)11-18(24)22-13(2)15-7-8-21-12-15/h5-8,10,12-13,21H,4,9,11H2,1-3H3,(H,22,24)(H2,20,23,25). The minimum absolute atomic E-state index is 0.0225. The number of carbonyl (C=O) groups excluding carboxylic acids is 2. The fourth-order valence-corrected chi connectivity index (χ4v) is 3.75. The van der Waals surface area contributed by atoms with E-state index in [1.165, 1.54) is 19.2 Å². The Bertz CT molecular complexity index is 942. The molecule has 10 heteroatoms. The number of hydrogen-bond donors (Lipinski definition) is 4. The maximum atomic E-state index is 12.6. The van der Waals surface area contributed by atoms with Crippen molar-refractivity contribution in [3.05, 3.63) is 47.8 Å². The molecule has 158 valence electrons. The monoisotopic (exact) mass is 422 g/mol. The summed E-state index contributed by atoms with van der Waals surface area (Å²) in [6.07, 6.45) is 4.22. The largest absolute Gasteiger partial charge is 0.492 e. The van der Waals surface area contributed by atoms with Crippen molar-refractivity contribution >= 4 is 22.0 Å². The highest BCUT2D eigenvalue weighted by molar-refractivity contribution is 7.90. The lowest BCUT2D eigenvalue weighted by Gasteiger charge is -2.15. The topological polar surface area (TPSA) is 129 Å². The van der Waals surface area contributed by atoms with Crippen LogP contribution in [0, 0.1) is 0 Å². The maximum Gasteiger partial charge on any atom is 0.328 e. The van der Waals surface area contributed by atoms with E-state index in [0.717, 1.165) is 5.56 Å². The molecule has 0 aliphatic rings. The number of benzene rings is 1. The molecule has 0 spiro atoms. The molecule has 3 amide bonds. The summed E-state index contributed by atoms with van der Waals surface area (Å²) in [5.74, 6) is -0.142. The first-order chi connectivity index (χ1) is 13.8. The van der Waals surface area contributed by atoms with Crippen LogP contribution in [0.5, 0.6) is 5.75 Å². The minimum atomic E-state index is -4.17. The Morgan fingerprint density at radius 2 is 2.00 bits per heavy atom. The van der Waals surface area contributed by atoms with Gasteiger partial charge in [-0.1, -0.05) is 13.0 Å². The zero-order valence-corrected chi connectivity index (χ0v) is 17.4. The fourth-order valence-electron chi connectivity index (χ4n) is 2.60. The van der Waals surface area contributed by atoms with Crippen molar-refractivity contribution in [2.24, 2.45) is 0 Å². The third-order valence-corrected chi connectivity index (χ3v) is 5.43. The number of hydrogen-bond acceptors (Lipinski definition) is 5. The zero-order chi connectivity index (χ0) is 21.4. The number of amides is 3. The second-order valence-electron chi connectivity index (χ2n) is 6.42. The molecule has 1 atom stereocenters. The average molecular weight is 423 g/mol. The Labute approximate surface area is 170 Å². The highest BCUT2D eigenvalue weighted by Crippen LogP contribution is 2.26. The molecule has 0 aliphatic heterocycles. The summed E-state index contributed by atoms with van der Waals surface area (Å²) in [6, 6.07) is 5.27. The molecule has 0 bridgehead atoms. The van der Waals surface area contributed by atoms with E-state index in [4.69, 9.17) is 4.74 Å². The number of sulfonamides is 1. The van der Waals surface area contributed by atoms with E-state index in [1.807, 2.05) is 24.6 Å². The van der Waals surface area contributed by atoms with Crippen molar-refractivity contribution in [3.8, 4) is 5.75 Å². The van der Waals surface area contributed by atoms with Crippen molar-refractivity contribution in [2.45, 2.75) is 37.6 Å². The Hall–Kier alpha value is -3.01. The van der Waals surface area contributed by atoms with Gasteiger partial charge in [0.1, 0.15) is 10.6 Å². The highest BCUT2D eigenvalue weighted by atomic mass is 32.2. The third kappa shape index (κ3) is 6.24. The Balaban J connectivity index is 2.22. The first kappa shape index (κ1) is 22.3. The van der Waals surface area contributed by atoms with E-state index in [1.54, 1.807) is 18.5 Å². The average Bonchev–Trinajstić information content (AvgIpc) is 3.21. The molecular weight excluding hydrogens is 396 g/mol. The van der Waals surface area contributed by atoms with E-state index in [0.29, 0.717) is 18.6 Å². The molecule has 0 aliphatic carbocycles. The van der Waals surface area contributed by atoms with Gasteiger partial charge in [0.25, 0.3) is 10.0 Å². The van der Waals surface area contributed by atoms with Crippen molar-refractivity contribution < 1.29 is 22.7 Å². The number of aromatic nitrogens is 1. The normalized spacial score (nSPS) is 12.1. The SMILES string of the molecule is CCCOc1ccc(CC(=O)NC(C)c2cc[nH]c2)cc1S(=O)(=O)NC(=O)NC. The number of rotatable bonds is 9. The molecule has 1 aromatic carbocycles.